The first-order valence-electron chi connectivity index (χ1n) is 5.72. The highest BCUT2D eigenvalue weighted by Crippen LogP contribution is 2.23. The molecule has 0 aliphatic rings. The lowest BCUT2D eigenvalue weighted by Crippen LogP contribution is -2.15. The highest BCUT2D eigenvalue weighted by atomic mass is 19.2. The number of amides is 1. The number of nitrogen functional groups attached to an aromatic ring is 1. The van der Waals surface area contributed by atoms with Gasteiger partial charge in [0.1, 0.15) is 5.75 Å². The molecule has 0 spiro atoms. The number of carbonyl (C=O) groups is 1. The van der Waals surface area contributed by atoms with Crippen molar-refractivity contribution in [3.05, 3.63) is 53.6 Å². The molecule has 2 aromatic carbocycles. The largest absolute Gasteiger partial charge is 0.496 e. The second-order valence-electron chi connectivity index (χ2n) is 4.02. The Kier molecular flexibility index (Phi) is 3.84. The minimum atomic E-state index is -1.12. The number of methoxy groups -OCH3 is 1. The quantitative estimate of drug-likeness (QED) is 0.848. The zero-order valence-corrected chi connectivity index (χ0v) is 10.6. The van der Waals surface area contributed by atoms with E-state index in [0.29, 0.717) is 5.69 Å². The third-order valence-electron chi connectivity index (χ3n) is 2.67. The predicted molar refractivity (Wildman–Crippen MR) is 71.7 cm³/mol. The zero-order valence-electron chi connectivity index (χ0n) is 10.6. The van der Waals surface area contributed by atoms with E-state index in [1.54, 1.807) is 6.07 Å². The van der Waals surface area contributed by atoms with Crippen LogP contribution >= 0.6 is 0 Å². The maximum atomic E-state index is 13.5. The molecule has 0 saturated carbocycles. The molecular weight excluding hydrogens is 266 g/mol. The molecule has 1 amide bonds. The summed E-state index contributed by atoms with van der Waals surface area (Å²) in [5.41, 5.74) is 5.84. The summed E-state index contributed by atoms with van der Waals surface area (Å²) in [6.07, 6.45) is 0. The standard InChI is InChI=1S/C14H12F2N2O2/c1-20-12-6-5-8(17)7-9(12)14(19)18-11-4-2-3-10(15)13(11)16/h2-7H,17H2,1H3,(H,18,19). The molecule has 0 unspecified atom stereocenters. The minimum absolute atomic E-state index is 0.135. The number of ether oxygens (including phenoxy) is 1. The van der Waals surface area contributed by atoms with E-state index in [1.807, 2.05) is 0 Å². The Labute approximate surface area is 114 Å². The van der Waals surface area contributed by atoms with Gasteiger partial charge in [0.05, 0.1) is 18.4 Å². The molecule has 4 nitrogen and oxygen atoms in total. The van der Waals surface area contributed by atoms with E-state index in [1.165, 1.54) is 31.4 Å². The molecule has 0 saturated heterocycles. The molecule has 0 aliphatic heterocycles. The average molecular weight is 278 g/mol. The third-order valence-corrected chi connectivity index (χ3v) is 2.67. The lowest BCUT2D eigenvalue weighted by atomic mass is 10.1. The number of carbonyl (C=O) groups excluding carboxylic acids is 1. The van der Waals surface area contributed by atoms with Crippen molar-refractivity contribution in [2.24, 2.45) is 0 Å². The summed E-state index contributed by atoms with van der Waals surface area (Å²) >= 11 is 0. The van der Waals surface area contributed by atoms with E-state index >= 15 is 0 Å². The van der Waals surface area contributed by atoms with Crippen LogP contribution in [0, 0.1) is 11.6 Å². The summed E-state index contributed by atoms with van der Waals surface area (Å²) < 4.78 is 31.6. The number of rotatable bonds is 3. The van der Waals surface area contributed by atoms with Crippen molar-refractivity contribution in [3.8, 4) is 5.75 Å². The molecule has 2 rings (SSSR count). The second kappa shape index (κ2) is 5.56. The van der Waals surface area contributed by atoms with Gasteiger partial charge in [0.2, 0.25) is 0 Å². The van der Waals surface area contributed by atoms with Crippen LogP contribution in [0.25, 0.3) is 0 Å². The molecule has 104 valence electrons. The van der Waals surface area contributed by atoms with Crippen LogP contribution in [0.3, 0.4) is 0 Å². The van der Waals surface area contributed by atoms with Crippen LogP contribution in [0.1, 0.15) is 10.4 Å². The maximum absolute atomic E-state index is 13.5. The molecule has 6 heteroatoms. The van der Waals surface area contributed by atoms with Crippen molar-refractivity contribution in [2.75, 3.05) is 18.2 Å². The Balaban J connectivity index is 2.33. The van der Waals surface area contributed by atoms with E-state index in [-0.39, 0.29) is 17.0 Å². The molecule has 0 fully saturated rings. The molecule has 0 bridgehead atoms. The number of nitrogens with two attached hydrogens (primary N) is 1. The van der Waals surface area contributed by atoms with Crippen LogP contribution in [-0.2, 0) is 0 Å². The van der Waals surface area contributed by atoms with Gasteiger partial charge < -0.3 is 15.8 Å². The van der Waals surface area contributed by atoms with E-state index in [4.69, 9.17) is 10.5 Å². The van der Waals surface area contributed by atoms with Crippen LogP contribution in [0.5, 0.6) is 5.75 Å². The van der Waals surface area contributed by atoms with Crippen molar-refractivity contribution in [1.82, 2.24) is 0 Å². The number of nitrogens with one attached hydrogen (secondary N) is 1. The fourth-order valence-corrected chi connectivity index (χ4v) is 1.69. The first kappa shape index (κ1) is 13.8. The van der Waals surface area contributed by atoms with Gasteiger partial charge in [0.15, 0.2) is 11.6 Å². The van der Waals surface area contributed by atoms with Gasteiger partial charge >= 0.3 is 0 Å². The van der Waals surface area contributed by atoms with Crippen LogP contribution in [0.2, 0.25) is 0 Å². The second-order valence-corrected chi connectivity index (χ2v) is 4.02. The Morgan fingerprint density at radius 2 is 2.00 bits per heavy atom. The van der Waals surface area contributed by atoms with Crippen molar-refractivity contribution in [3.63, 3.8) is 0 Å². The fourth-order valence-electron chi connectivity index (χ4n) is 1.69. The smallest absolute Gasteiger partial charge is 0.259 e. The van der Waals surface area contributed by atoms with Crippen LogP contribution < -0.4 is 15.8 Å². The molecule has 0 radical (unpaired) electrons. The van der Waals surface area contributed by atoms with Crippen LogP contribution in [0.4, 0.5) is 20.2 Å². The molecule has 0 heterocycles. The van der Waals surface area contributed by atoms with Gasteiger partial charge in [0.25, 0.3) is 5.91 Å². The molecular formula is C14H12F2N2O2. The van der Waals surface area contributed by atoms with Gasteiger partial charge in [-0.05, 0) is 30.3 Å². The summed E-state index contributed by atoms with van der Waals surface area (Å²) in [7, 11) is 1.39. The van der Waals surface area contributed by atoms with Crippen LogP contribution in [-0.4, -0.2) is 13.0 Å². The number of hydrogen-bond donors (Lipinski definition) is 2. The third kappa shape index (κ3) is 2.69. The monoisotopic (exact) mass is 278 g/mol. The summed E-state index contributed by atoms with van der Waals surface area (Å²) in [6, 6.07) is 8.00. The number of hydrogen-bond acceptors (Lipinski definition) is 3. The topological polar surface area (TPSA) is 64.3 Å². The number of halogens is 2. The Hall–Kier alpha value is -2.63. The first-order valence-corrected chi connectivity index (χ1v) is 5.72. The average Bonchev–Trinajstić information content (AvgIpc) is 2.43. The molecule has 0 atom stereocenters. The normalized spacial score (nSPS) is 10.2. The van der Waals surface area contributed by atoms with Crippen molar-refractivity contribution >= 4 is 17.3 Å². The lowest BCUT2D eigenvalue weighted by molar-refractivity contribution is 0.102. The fraction of sp³-hybridized carbons (Fsp3) is 0.0714. The number of anilines is 2. The highest BCUT2D eigenvalue weighted by molar-refractivity contribution is 6.06. The molecule has 0 aliphatic carbocycles. The highest BCUT2D eigenvalue weighted by Gasteiger charge is 2.16. The van der Waals surface area contributed by atoms with E-state index in [2.05, 4.69) is 5.32 Å². The van der Waals surface area contributed by atoms with Crippen molar-refractivity contribution in [1.29, 1.82) is 0 Å². The van der Waals surface area contributed by atoms with Crippen molar-refractivity contribution < 1.29 is 18.3 Å². The van der Waals surface area contributed by atoms with Gasteiger partial charge in [-0.2, -0.15) is 0 Å². The van der Waals surface area contributed by atoms with Gasteiger partial charge in [0, 0.05) is 5.69 Å². The summed E-state index contributed by atoms with van der Waals surface area (Å²) in [6.45, 7) is 0. The number of benzene rings is 2. The minimum Gasteiger partial charge on any atom is -0.496 e. The van der Waals surface area contributed by atoms with Gasteiger partial charge in [-0.15, -0.1) is 0 Å². The van der Waals surface area contributed by atoms with Gasteiger partial charge in [-0.1, -0.05) is 6.07 Å². The predicted octanol–water partition coefficient (Wildman–Crippen LogP) is 2.81. The first-order chi connectivity index (χ1) is 9.52. The zero-order chi connectivity index (χ0) is 14.7. The van der Waals surface area contributed by atoms with Gasteiger partial charge in [-0.25, -0.2) is 8.78 Å². The summed E-state index contributed by atoms with van der Waals surface area (Å²) in [5.74, 6) is -2.52. The van der Waals surface area contributed by atoms with Gasteiger partial charge in [-0.3, -0.25) is 4.79 Å². The summed E-state index contributed by atoms with van der Waals surface area (Å²) in [5, 5.41) is 2.28. The maximum Gasteiger partial charge on any atom is 0.259 e. The summed E-state index contributed by atoms with van der Waals surface area (Å²) in [4.78, 5) is 12.1. The SMILES string of the molecule is COc1ccc(N)cc1C(=O)Nc1cccc(F)c1F. The van der Waals surface area contributed by atoms with E-state index < -0.39 is 17.5 Å². The molecule has 0 aromatic heterocycles. The molecule has 2 aromatic rings. The Bertz CT molecular complexity index is 660. The Morgan fingerprint density at radius 1 is 1.25 bits per heavy atom. The van der Waals surface area contributed by atoms with Crippen LogP contribution in [0.15, 0.2) is 36.4 Å². The molecule has 20 heavy (non-hydrogen) atoms. The molecule has 3 N–H and O–H groups in total. The van der Waals surface area contributed by atoms with E-state index in [9.17, 15) is 13.6 Å². The Morgan fingerprint density at radius 3 is 2.70 bits per heavy atom. The van der Waals surface area contributed by atoms with Crippen molar-refractivity contribution in [2.45, 2.75) is 0 Å². The van der Waals surface area contributed by atoms with E-state index in [0.717, 1.165) is 6.07 Å². The lowest BCUT2D eigenvalue weighted by Gasteiger charge is -2.10.